The number of hydrogen-bond donors (Lipinski definition) is 0. The summed E-state index contributed by atoms with van der Waals surface area (Å²) in [7, 11) is -2.46. The zero-order valence-corrected chi connectivity index (χ0v) is 16.6. The molecule has 0 bridgehead atoms. The van der Waals surface area contributed by atoms with Crippen LogP contribution in [-0.4, -0.2) is 20.5 Å². The molecule has 1 aromatic heterocycles. The number of thiazole rings is 1. The van der Waals surface area contributed by atoms with Crippen molar-refractivity contribution < 1.29 is 17.5 Å². The fraction of sp³-hybridized carbons (Fsp3) is 0.211. The number of halogens is 1. The second kappa shape index (κ2) is 8.06. The normalized spacial score (nSPS) is 11.4. The number of aryl methyl sites for hydroxylation is 1. The molecule has 0 aliphatic carbocycles. The lowest BCUT2D eigenvalue weighted by molar-refractivity contribution is 0.415. The average molecular weight is 407 g/mol. The maximum Gasteiger partial charge on any atom is 0.264 e. The predicted molar refractivity (Wildman–Crippen MR) is 104 cm³/mol. The summed E-state index contributed by atoms with van der Waals surface area (Å²) in [5.41, 5.74) is 1.05. The molecule has 0 aliphatic heterocycles. The van der Waals surface area contributed by atoms with E-state index >= 15 is 0 Å². The number of hydrogen-bond acceptors (Lipinski definition) is 5. The average Bonchev–Trinajstić information content (AvgIpc) is 3.14. The van der Waals surface area contributed by atoms with Gasteiger partial charge in [-0.05, 0) is 42.8 Å². The van der Waals surface area contributed by atoms with Gasteiger partial charge in [-0.3, -0.25) is 4.31 Å². The predicted octanol–water partition coefficient (Wildman–Crippen LogP) is 4.25. The van der Waals surface area contributed by atoms with Crippen LogP contribution in [-0.2, 0) is 23.0 Å². The van der Waals surface area contributed by atoms with Crippen LogP contribution in [0.5, 0.6) is 5.75 Å². The monoisotopic (exact) mass is 406 g/mol. The molecule has 0 aliphatic rings. The molecule has 0 amide bonds. The Kier molecular flexibility index (Phi) is 5.76. The number of benzene rings is 2. The summed E-state index contributed by atoms with van der Waals surface area (Å²) in [6, 6.07) is 11.6. The largest absolute Gasteiger partial charge is 0.495 e. The summed E-state index contributed by atoms with van der Waals surface area (Å²) in [5.74, 6) is -0.0704. The van der Waals surface area contributed by atoms with Crippen LogP contribution in [0.4, 0.5) is 10.1 Å². The Hall–Kier alpha value is -2.45. The molecule has 0 radical (unpaired) electrons. The lowest BCUT2D eigenvalue weighted by Gasteiger charge is -2.25. The van der Waals surface area contributed by atoms with Crippen molar-refractivity contribution >= 4 is 27.0 Å². The maximum absolute atomic E-state index is 13.3. The first-order chi connectivity index (χ1) is 13.0. The van der Waals surface area contributed by atoms with Gasteiger partial charge in [0.05, 0.1) is 34.9 Å². The van der Waals surface area contributed by atoms with Crippen LogP contribution in [0.2, 0.25) is 0 Å². The van der Waals surface area contributed by atoms with E-state index in [4.69, 9.17) is 4.74 Å². The van der Waals surface area contributed by atoms with E-state index in [1.54, 1.807) is 24.3 Å². The summed E-state index contributed by atoms with van der Waals surface area (Å²) in [5, 5.41) is 2.78. The van der Waals surface area contributed by atoms with Gasteiger partial charge in [0.15, 0.2) is 0 Å². The SMILES string of the molecule is CCc1nc(CN(c2ccccc2OC)S(=O)(=O)c2ccc(F)cc2)cs1. The minimum absolute atomic E-state index is 0.000695. The van der Waals surface area contributed by atoms with Crippen LogP contribution in [0.1, 0.15) is 17.6 Å². The number of sulfonamides is 1. The zero-order chi connectivity index (χ0) is 19.4. The van der Waals surface area contributed by atoms with Gasteiger partial charge in [-0.1, -0.05) is 19.1 Å². The Labute approximate surface area is 162 Å². The van der Waals surface area contributed by atoms with Gasteiger partial charge >= 0.3 is 0 Å². The lowest BCUT2D eigenvalue weighted by atomic mass is 10.3. The highest BCUT2D eigenvalue weighted by Crippen LogP contribution is 2.33. The van der Waals surface area contributed by atoms with Crippen molar-refractivity contribution in [2.24, 2.45) is 0 Å². The molecule has 0 saturated heterocycles. The quantitative estimate of drug-likeness (QED) is 0.589. The van der Waals surface area contributed by atoms with Gasteiger partial charge in [-0.15, -0.1) is 11.3 Å². The number of methoxy groups -OCH3 is 1. The van der Waals surface area contributed by atoms with Gasteiger partial charge in [0, 0.05) is 5.38 Å². The van der Waals surface area contributed by atoms with Gasteiger partial charge in [0.1, 0.15) is 11.6 Å². The van der Waals surface area contributed by atoms with Gasteiger partial charge in [-0.2, -0.15) is 0 Å². The Morgan fingerprint density at radius 1 is 1.15 bits per heavy atom. The van der Waals surface area contributed by atoms with Crippen molar-refractivity contribution in [2.45, 2.75) is 24.8 Å². The summed E-state index contributed by atoms with van der Waals surface area (Å²) in [6.45, 7) is 2.05. The third-order valence-corrected chi connectivity index (χ3v) is 6.78. The molecule has 27 heavy (non-hydrogen) atoms. The molecule has 3 aromatic rings. The highest BCUT2D eigenvalue weighted by molar-refractivity contribution is 7.92. The molecule has 5 nitrogen and oxygen atoms in total. The van der Waals surface area contributed by atoms with E-state index in [-0.39, 0.29) is 11.4 Å². The molecule has 0 N–H and O–H groups in total. The van der Waals surface area contributed by atoms with Crippen molar-refractivity contribution in [1.82, 2.24) is 4.98 Å². The first kappa shape index (κ1) is 19.3. The number of rotatable bonds is 7. The van der Waals surface area contributed by atoms with Gasteiger partial charge < -0.3 is 4.74 Å². The van der Waals surface area contributed by atoms with Crippen molar-refractivity contribution in [3.63, 3.8) is 0 Å². The van der Waals surface area contributed by atoms with E-state index in [9.17, 15) is 12.8 Å². The Bertz CT molecular complexity index is 1020. The second-order valence-electron chi connectivity index (χ2n) is 5.72. The third kappa shape index (κ3) is 4.12. The molecule has 0 spiro atoms. The van der Waals surface area contributed by atoms with Crippen LogP contribution in [0.3, 0.4) is 0 Å². The molecular formula is C19H19FN2O3S2. The molecule has 0 unspecified atom stereocenters. The standard InChI is InChI=1S/C19H19FN2O3S2/c1-3-19-21-15(13-26-19)12-22(17-6-4-5-7-18(17)25-2)27(23,24)16-10-8-14(20)9-11-16/h4-11,13H,3,12H2,1-2H3. The number of aromatic nitrogens is 1. The number of ether oxygens (including phenoxy) is 1. The number of anilines is 1. The van der Waals surface area contributed by atoms with Crippen LogP contribution >= 0.6 is 11.3 Å². The van der Waals surface area contributed by atoms with E-state index in [0.29, 0.717) is 17.1 Å². The Balaban J connectivity index is 2.10. The fourth-order valence-electron chi connectivity index (χ4n) is 2.60. The minimum Gasteiger partial charge on any atom is -0.495 e. The van der Waals surface area contributed by atoms with E-state index in [1.807, 2.05) is 12.3 Å². The summed E-state index contributed by atoms with van der Waals surface area (Å²) >= 11 is 1.49. The Morgan fingerprint density at radius 3 is 2.48 bits per heavy atom. The molecule has 2 aromatic carbocycles. The number of nitrogens with zero attached hydrogens (tertiary/aromatic N) is 2. The van der Waals surface area contributed by atoms with E-state index in [0.717, 1.165) is 23.6 Å². The van der Waals surface area contributed by atoms with Crippen LogP contribution in [0, 0.1) is 5.82 Å². The smallest absolute Gasteiger partial charge is 0.264 e. The maximum atomic E-state index is 13.3. The molecule has 0 saturated carbocycles. The molecule has 0 atom stereocenters. The second-order valence-corrected chi connectivity index (χ2v) is 8.53. The summed E-state index contributed by atoms with van der Waals surface area (Å²) in [6.07, 6.45) is 0.782. The molecule has 0 fully saturated rings. The van der Waals surface area contributed by atoms with Crippen molar-refractivity contribution in [2.75, 3.05) is 11.4 Å². The minimum atomic E-state index is -3.95. The van der Waals surface area contributed by atoms with Gasteiger partial charge in [0.25, 0.3) is 10.0 Å². The Morgan fingerprint density at radius 2 is 1.85 bits per heavy atom. The first-order valence-electron chi connectivity index (χ1n) is 8.30. The molecule has 142 valence electrons. The van der Waals surface area contributed by atoms with Gasteiger partial charge in [0.2, 0.25) is 0 Å². The topological polar surface area (TPSA) is 59.5 Å². The first-order valence-corrected chi connectivity index (χ1v) is 10.6. The van der Waals surface area contributed by atoms with Gasteiger partial charge in [-0.25, -0.2) is 17.8 Å². The summed E-state index contributed by atoms with van der Waals surface area (Å²) in [4.78, 5) is 4.48. The van der Waals surface area contributed by atoms with Crippen LogP contribution in [0.25, 0.3) is 0 Å². The lowest BCUT2D eigenvalue weighted by Crippen LogP contribution is -2.31. The molecule has 1 heterocycles. The van der Waals surface area contributed by atoms with Crippen LogP contribution < -0.4 is 9.04 Å². The van der Waals surface area contributed by atoms with E-state index in [1.165, 1.54) is 34.9 Å². The zero-order valence-electron chi connectivity index (χ0n) is 14.9. The van der Waals surface area contributed by atoms with E-state index < -0.39 is 15.8 Å². The van der Waals surface area contributed by atoms with Crippen molar-refractivity contribution in [3.05, 3.63) is 70.4 Å². The van der Waals surface area contributed by atoms with Crippen molar-refractivity contribution in [3.8, 4) is 5.75 Å². The highest BCUT2D eigenvalue weighted by Gasteiger charge is 2.28. The van der Waals surface area contributed by atoms with Crippen molar-refractivity contribution in [1.29, 1.82) is 0 Å². The van der Waals surface area contributed by atoms with Crippen LogP contribution in [0.15, 0.2) is 58.8 Å². The molecular weight excluding hydrogens is 387 g/mol. The number of para-hydroxylation sites is 2. The third-order valence-electron chi connectivity index (χ3n) is 3.96. The molecule has 8 heteroatoms. The summed E-state index contributed by atoms with van der Waals surface area (Å²) < 4.78 is 46.5. The molecule has 3 rings (SSSR count). The highest BCUT2D eigenvalue weighted by atomic mass is 32.2. The fourth-order valence-corrected chi connectivity index (χ4v) is 4.78. The van der Waals surface area contributed by atoms with E-state index in [2.05, 4.69) is 4.98 Å².